The fourth-order valence-electron chi connectivity index (χ4n) is 2.89. The van der Waals surface area contributed by atoms with Gasteiger partial charge < -0.3 is 0 Å². The Bertz CT molecular complexity index is 969. The molecule has 6 heteroatoms. The maximum atomic E-state index is 13.3. The Morgan fingerprint density at radius 3 is 2.57 bits per heavy atom. The maximum Gasteiger partial charge on any atom is 0.162 e. The van der Waals surface area contributed by atoms with Gasteiger partial charge in [0.2, 0.25) is 0 Å². The smallest absolute Gasteiger partial charge is 0.162 e. The molecule has 1 saturated heterocycles. The van der Waals surface area contributed by atoms with Crippen LogP contribution in [-0.2, 0) is 9.84 Å². The predicted molar refractivity (Wildman–Crippen MR) is 95.1 cm³/mol. The number of sulfone groups is 1. The Hall–Kier alpha value is -1.24. The van der Waals surface area contributed by atoms with Crippen LogP contribution >= 0.6 is 22.7 Å². The normalized spacial score (nSPS) is 18.5. The van der Waals surface area contributed by atoms with Gasteiger partial charge in [0.1, 0.15) is 11.1 Å². The first-order chi connectivity index (χ1) is 11.0. The van der Waals surface area contributed by atoms with Crippen molar-refractivity contribution in [3.8, 4) is 9.75 Å². The van der Waals surface area contributed by atoms with Gasteiger partial charge >= 0.3 is 0 Å². The van der Waals surface area contributed by atoms with Crippen LogP contribution in [0.15, 0.2) is 36.4 Å². The summed E-state index contributed by atoms with van der Waals surface area (Å²) in [5, 5.41) is 1.48. The van der Waals surface area contributed by atoms with Crippen LogP contribution in [0.4, 0.5) is 4.39 Å². The zero-order chi connectivity index (χ0) is 16.0. The van der Waals surface area contributed by atoms with Gasteiger partial charge in [-0.2, -0.15) is 0 Å². The lowest BCUT2D eigenvalue weighted by molar-refractivity contribution is 0.577. The van der Waals surface area contributed by atoms with Crippen molar-refractivity contribution in [3.05, 3.63) is 52.3 Å². The SMILES string of the molecule is O=S1(=O)CCCC[C]1c1ccc(-c2cc3cc(F)ccc3s2)s1. The molecule has 0 atom stereocenters. The molecule has 3 heterocycles. The third kappa shape index (κ3) is 2.84. The molecule has 1 aliphatic rings. The predicted octanol–water partition coefficient (Wildman–Crippen LogP) is 5.25. The van der Waals surface area contributed by atoms with Gasteiger partial charge in [0.25, 0.3) is 0 Å². The van der Waals surface area contributed by atoms with Crippen molar-refractivity contribution >= 4 is 42.6 Å². The lowest BCUT2D eigenvalue weighted by Crippen LogP contribution is -2.21. The molecule has 23 heavy (non-hydrogen) atoms. The summed E-state index contributed by atoms with van der Waals surface area (Å²) in [5.41, 5.74) is 0. The molecule has 1 aliphatic heterocycles. The third-order valence-corrected chi connectivity index (χ3v) is 8.63. The second-order valence-electron chi connectivity index (χ2n) is 5.66. The lowest BCUT2D eigenvalue weighted by atomic mass is 10.1. The third-order valence-electron chi connectivity index (χ3n) is 4.04. The summed E-state index contributed by atoms with van der Waals surface area (Å²) >= 11 is 3.12. The first-order valence-corrected chi connectivity index (χ1v) is 10.7. The Kier molecular flexibility index (Phi) is 3.78. The number of thiophene rings is 2. The Balaban J connectivity index is 1.71. The van der Waals surface area contributed by atoms with E-state index in [1.807, 2.05) is 18.2 Å². The average molecular weight is 365 g/mol. The Morgan fingerprint density at radius 1 is 0.913 bits per heavy atom. The van der Waals surface area contributed by atoms with Gasteiger partial charge in [0.15, 0.2) is 9.84 Å². The van der Waals surface area contributed by atoms with Crippen molar-refractivity contribution in [2.24, 2.45) is 0 Å². The average Bonchev–Trinajstić information content (AvgIpc) is 3.12. The molecule has 0 spiro atoms. The molecule has 119 valence electrons. The number of rotatable bonds is 2. The van der Waals surface area contributed by atoms with E-state index in [9.17, 15) is 12.8 Å². The molecular weight excluding hydrogens is 351 g/mol. The van der Waals surface area contributed by atoms with Crippen LogP contribution in [0.1, 0.15) is 24.1 Å². The summed E-state index contributed by atoms with van der Waals surface area (Å²) < 4.78 is 38.8. The Labute approximate surface area is 142 Å². The van der Waals surface area contributed by atoms with E-state index in [1.165, 1.54) is 23.5 Å². The second-order valence-corrected chi connectivity index (χ2v) is 9.95. The monoisotopic (exact) mass is 365 g/mol. The van der Waals surface area contributed by atoms with E-state index in [0.29, 0.717) is 11.7 Å². The van der Waals surface area contributed by atoms with Crippen molar-refractivity contribution < 1.29 is 12.8 Å². The van der Waals surface area contributed by atoms with Crippen LogP contribution in [0.3, 0.4) is 0 Å². The summed E-state index contributed by atoms with van der Waals surface area (Å²) in [4.78, 5) is 2.94. The number of halogens is 1. The van der Waals surface area contributed by atoms with Crippen LogP contribution < -0.4 is 0 Å². The Morgan fingerprint density at radius 2 is 1.74 bits per heavy atom. The van der Waals surface area contributed by atoms with E-state index in [2.05, 4.69) is 0 Å². The quantitative estimate of drug-likeness (QED) is 0.622. The first kappa shape index (κ1) is 15.3. The van der Waals surface area contributed by atoms with Gasteiger partial charge in [-0.05, 0) is 54.6 Å². The molecule has 0 saturated carbocycles. The molecule has 0 bridgehead atoms. The minimum Gasteiger partial charge on any atom is -0.228 e. The maximum absolute atomic E-state index is 13.3. The van der Waals surface area contributed by atoms with Gasteiger partial charge in [0.05, 0.1) is 5.75 Å². The molecule has 0 N–H and O–H groups in total. The van der Waals surface area contributed by atoms with E-state index in [-0.39, 0.29) is 11.6 Å². The summed E-state index contributed by atoms with van der Waals surface area (Å²) in [6.45, 7) is 0. The van der Waals surface area contributed by atoms with Crippen LogP contribution in [0.25, 0.3) is 19.8 Å². The zero-order valence-corrected chi connectivity index (χ0v) is 14.7. The minimum atomic E-state index is -3.09. The summed E-state index contributed by atoms with van der Waals surface area (Å²) in [7, 11) is -3.09. The number of benzene rings is 1. The molecule has 0 aliphatic carbocycles. The van der Waals surface area contributed by atoms with Gasteiger partial charge in [-0.1, -0.05) is 6.42 Å². The molecule has 1 radical (unpaired) electrons. The highest BCUT2D eigenvalue weighted by molar-refractivity contribution is 7.94. The molecule has 0 unspecified atom stereocenters. The van der Waals surface area contributed by atoms with Crippen molar-refractivity contribution in [2.75, 3.05) is 5.75 Å². The molecule has 1 fully saturated rings. The van der Waals surface area contributed by atoms with E-state index in [0.717, 1.165) is 37.6 Å². The highest BCUT2D eigenvalue weighted by Gasteiger charge is 2.32. The van der Waals surface area contributed by atoms with Crippen LogP contribution in [0, 0.1) is 11.1 Å². The highest BCUT2D eigenvalue weighted by atomic mass is 32.2. The van der Waals surface area contributed by atoms with Crippen LogP contribution in [0.2, 0.25) is 0 Å². The van der Waals surface area contributed by atoms with E-state index in [4.69, 9.17) is 0 Å². The van der Waals surface area contributed by atoms with Crippen LogP contribution in [0.5, 0.6) is 0 Å². The van der Waals surface area contributed by atoms with E-state index >= 15 is 0 Å². The van der Waals surface area contributed by atoms with Crippen molar-refractivity contribution in [1.82, 2.24) is 0 Å². The minimum absolute atomic E-state index is 0.238. The summed E-state index contributed by atoms with van der Waals surface area (Å²) in [6, 6.07) is 10.6. The molecule has 4 rings (SSSR count). The second kappa shape index (κ2) is 5.69. The largest absolute Gasteiger partial charge is 0.228 e. The van der Waals surface area contributed by atoms with Crippen molar-refractivity contribution in [1.29, 1.82) is 0 Å². The topological polar surface area (TPSA) is 34.1 Å². The zero-order valence-electron chi connectivity index (χ0n) is 12.2. The number of fused-ring (bicyclic) bond motifs is 1. The van der Waals surface area contributed by atoms with Gasteiger partial charge in [0, 0.05) is 19.3 Å². The van der Waals surface area contributed by atoms with Gasteiger partial charge in [-0.25, -0.2) is 12.8 Å². The fourth-order valence-corrected chi connectivity index (χ4v) is 7.15. The van der Waals surface area contributed by atoms with Crippen molar-refractivity contribution in [2.45, 2.75) is 19.3 Å². The molecule has 0 amide bonds. The first-order valence-electron chi connectivity index (χ1n) is 7.41. The molecule has 2 nitrogen and oxygen atoms in total. The molecule has 1 aromatic carbocycles. The molecular formula is C17H14FO2S3. The van der Waals surface area contributed by atoms with Gasteiger partial charge in [-0.15, -0.1) is 22.7 Å². The van der Waals surface area contributed by atoms with E-state index < -0.39 is 9.84 Å². The van der Waals surface area contributed by atoms with Crippen LogP contribution in [-0.4, -0.2) is 14.2 Å². The summed E-state index contributed by atoms with van der Waals surface area (Å²) in [6.07, 6.45) is 2.33. The standard InChI is InChI=1S/C17H14FO2S3/c18-12-4-5-13-11(9-12)10-16(21-13)14-6-7-15(22-14)17-3-1-2-8-23(17,19)20/h4-7,9-10H,1-3,8H2. The number of hydrogen-bond donors (Lipinski definition) is 0. The summed E-state index contributed by atoms with van der Waals surface area (Å²) in [5.74, 6) is 0.0233. The highest BCUT2D eigenvalue weighted by Crippen LogP contribution is 2.42. The fraction of sp³-hybridized carbons (Fsp3) is 0.235. The molecule has 2 aromatic heterocycles. The number of hydrogen-bond acceptors (Lipinski definition) is 4. The lowest BCUT2D eigenvalue weighted by Gasteiger charge is -2.19. The molecule has 3 aromatic rings. The van der Waals surface area contributed by atoms with E-state index in [1.54, 1.807) is 17.4 Å². The van der Waals surface area contributed by atoms with Gasteiger partial charge in [-0.3, -0.25) is 0 Å². The van der Waals surface area contributed by atoms with Crippen molar-refractivity contribution in [3.63, 3.8) is 0 Å².